The summed E-state index contributed by atoms with van der Waals surface area (Å²) in [7, 11) is 0. The molecule has 8 heteroatoms. The molecule has 1 N–H and O–H groups in total. The maximum absolute atomic E-state index is 11.8. The van der Waals surface area contributed by atoms with Gasteiger partial charge < -0.3 is 19.5 Å². The van der Waals surface area contributed by atoms with Gasteiger partial charge in [0.15, 0.2) is 6.73 Å². The average molecular weight is 533 g/mol. The fourth-order valence-electron chi connectivity index (χ4n) is 5.44. The lowest BCUT2D eigenvalue weighted by Crippen LogP contribution is -2.46. The van der Waals surface area contributed by atoms with Gasteiger partial charge in [-0.2, -0.15) is 4.98 Å². The number of carbonyl (C=O) groups is 1. The quantitative estimate of drug-likeness (QED) is 0.284. The first-order chi connectivity index (χ1) is 19.1. The summed E-state index contributed by atoms with van der Waals surface area (Å²) in [5.74, 6) is 0.912. The van der Waals surface area contributed by atoms with E-state index >= 15 is 0 Å². The summed E-state index contributed by atoms with van der Waals surface area (Å²) in [6.45, 7) is 7.81. The summed E-state index contributed by atoms with van der Waals surface area (Å²) < 4.78 is 11.3. The lowest BCUT2D eigenvalue weighted by Gasteiger charge is -2.36. The van der Waals surface area contributed by atoms with E-state index in [1.54, 1.807) is 4.90 Å². The molecular weight excluding hydrogens is 492 g/mol. The van der Waals surface area contributed by atoms with Crippen LogP contribution in [0.5, 0.6) is 5.88 Å². The number of piperazine rings is 1. The van der Waals surface area contributed by atoms with Crippen molar-refractivity contribution >= 4 is 28.2 Å². The number of pyridine rings is 1. The minimum atomic E-state index is -0.726. The number of unbranched alkanes of at least 4 members (excludes halogenated alkanes) is 1. The Balaban J connectivity index is 1.05. The highest BCUT2D eigenvalue weighted by atomic mass is 16.5. The molecule has 0 bridgehead atoms. The highest BCUT2D eigenvalue weighted by Gasteiger charge is 2.27. The van der Waals surface area contributed by atoms with Gasteiger partial charge in [-0.15, -0.1) is 0 Å². The van der Waals surface area contributed by atoms with E-state index in [1.165, 1.54) is 16.5 Å². The van der Waals surface area contributed by atoms with Gasteiger partial charge in [0.2, 0.25) is 5.88 Å². The number of rotatable bonds is 11. The smallest absolute Gasteiger partial charge is 0.307 e. The van der Waals surface area contributed by atoms with Crippen molar-refractivity contribution in [2.45, 2.75) is 51.7 Å². The summed E-state index contributed by atoms with van der Waals surface area (Å²) >= 11 is 0. The second-order valence-electron chi connectivity index (χ2n) is 10.4. The van der Waals surface area contributed by atoms with Crippen LogP contribution in [0.3, 0.4) is 0 Å². The van der Waals surface area contributed by atoms with Crippen LogP contribution in [0.25, 0.3) is 10.8 Å². The molecule has 1 atom stereocenters. The Morgan fingerprint density at radius 3 is 2.69 bits per heavy atom. The Morgan fingerprint density at radius 2 is 1.85 bits per heavy atom. The highest BCUT2D eigenvalue weighted by molar-refractivity contribution is 5.94. The van der Waals surface area contributed by atoms with E-state index < -0.39 is 6.23 Å². The third kappa shape index (κ3) is 6.81. The van der Waals surface area contributed by atoms with Gasteiger partial charge in [0, 0.05) is 49.7 Å². The molecule has 0 radical (unpaired) electrons. The molecule has 0 spiro atoms. The predicted octanol–water partition coefficient (Wildman–Crippen LogP) is 4.59. The van der Waals surface area contributed by atoms with Crippen LogP contribution in [-0.4, -0.2) is 73.2 Å². The van der Waals surface area contributed by atoms with Gasteiger partial charge in [-0.1, -0.05) is 43.3 Å². The third-order valence-corrected chi connectivity index (χ3v) is 7.65. The first-order valence-electron chi connectivity index (χ1n) is 14.3. The monoisotopic (exact) mass is 532 g/mol. The van der Waals surface area contributed by atoms with Crippen molar-refractivity contribution in [2.75, 3.05) is 55.9 Å². The lowest BCUT2D eigenvalue weighted by molar-refractivity contribution is -0.144. The summed E-state index contributed by atoms with van der Waals surface area (Å²) in [6.07, 6.45) is 3.70. The molecule has 1 unspecified atom stereocenters. The number of esters is 1. The van der Waals surface area contributed by atoms with Crippen LogP contribution >= 0.6 is 0 Å². The number of anilines is 2. The number of ether oxygens (including phenoxy) is 2. The van der Waals surface area contributed by atoms with Crippen molar-refractivity contribution in [1.29, 1.82) is 0 Å². The zero-order chi connectivity index (χ0) is 27.0. The maximum atomic E-state index is 11.8. The van der Waals surface area contributed by atoms with Crippen LogP contribution in [0.1, 0.15) is 44.6 Å². The van der Waals surface area contributed by atoms with Crippen LogP contribution in [0.2, 0.25) is 0 Å². The van der Waals surface area contributed by atoms with Gasteiger partial charge in [0.25, 0.3) is 0 Å². The standard InChI is InChI=1S/C31H40N4O4/c1-2-8-30(37)39-23-35-29(36)16-14-25-13-15-28(32-31(25)35)38-22-6-5-17-33-18-20-34(21-19-33)27-12-7-10-24-9-3-4-11-26(24)27/h3-4,7,9-13,15,29,36H,2,5-6,8,14,16-23H2,1H3. The Bertz CT molecular complexity index is 1240. The molecule has 1 fully saturated rings. The summed E-state index contributed by atoms with van der Waals surface area (Å²) in [4.78, 5) is 23.2. The third-order valence-electron chi connectivity index (χ3n) is 7.65. The second kappa shape index (κ2) is 13.1. The van der Waals surface area contributed by atoms with Crippen molar-refractivity contribution < 1.29 is 19.4 Å². The molecule has 8 nitrogen and oxygen atoms in total. The summed E-state index contributed by atoms with van der Waals surface area (Å²) in [5.41, 5.74) is 2.37. The highest BCUT2D eigenvalue weighted by Crippen LogP contribution is 2.30. The van der Waals surface area contributed by atoms with Crippen molar-refractivity contribution in [3.63, 3.8) is 0 Å². The van der Waals surface area contributed by atoms with Crippen molar-refractivity contribution in [2.24, 2.45) is 0 Å². The maximum Gasteiger partial charge on any atom is 0.307 e. The fraction of sp³-hybridized carbons (Fsp3) is 0.484. The topological polar surface area (TPSA) is 78.4 Å². The predicted molar refractivity (Wildman–Crippen MR) is 154 cm³/mol. The number of hydrogen-bond acceptors (Lipinski definition) is 8. The molecule has 3 heterocycles. The van der Waals surface area contributed by atoms with E-state index in [2.05, 4.69) is 57.2 Å². The molecule has 2 aliphatic heterocycles. The number of aryl methyl sites for hydroxylation is 1. The van der Waals surface area contributed by atoms with E-state index in [4.69, 9.17) is 9.47 Å². The van der Waals surface area contributed by atoms with Gasteiger partial charge in [-0.05, 0) is 61.7 Å². The molecule has 1 aromatic heterocycles. The van der Waals surface area contributed by atoms with Gasteiger partial charge in [0.1, 0.15) is 12.0 Å². The lowest BCUT2D eigenvalue weighted by atomic mass is 10.1. The molecule has 2 aromatic carbocycles. The summed E-state index contributed by atoms with van der Waals surface area (Å²) in [6, 6.07) is 19.1. The van der Waals surface area contributed by atoms with E-state index in [-0.39, 0.29) is 12.7 Å². The average Bonchev–Trinajstić information content (AvgIpc) is 2.96. The number of aromatic nitrogens is 1. The molecule has 0 aliphatic carbocycles. The van der Waals surface area contributed by atoms with Crippen LogP contribution in [0.4, 0.5) is 11.5 Å². The number of aliphatic hydroxyl groups is 1. The summed E-state index contributed by atoms with van der Waals surface area (Å²) in [5, 5.41) is 13.1. The zero-order valence-electron chi connectivity index (χ0n) is 22.9. The van der Waals surface area contributed by atoms with E-state index in [0.717, 1.165) is 64.0 Å². The first kappa shape index (κ1) is 27.2. The number of fused-ring (bicyclic) bond motifs is 2. The minimum absolute atomic E-state index is 0.00276. The van der Waals surface area contributed by atoms with E-state index in [0.29, 0.717) is 31.1 Å². The minimum Gasteiger partial charge on any atom is -0.478 e. The van der Waals surface area contributed by atoms with Crippen LogP contribution in [-0.2, 0) is 16.0 Å². The molecule has 2 aliphatic rings. The molecule has 1 saturated heterocycles. The number of aliphatic hydroxyl groups excluding tert-OH is 1. The normalized spacial score (nSPS) is 17.7. The van der Waals surface area contributed by atoms with Gasteiger partial charge in [-0.3, -0.25) is 14.6 Å². The molecule has 0 saturated carbocycles. The fourth-order valence-corrected chi connectivity index (χ4v) is 5.44. The van der Waals surface area contributed by atoms with Crippen LogP contribution in [0.15, 0.2) is 54.6 Å². The zero-order valence-corrected chi connectivity index (χ0v) is 22.9. The van der Waals surface area contributed by atoms with Gasteiger partial charge >= 0.3 is 5.97 Å². The molecular formula is C31H40N4O4. The Morgan fingerprint density at radius 1 is 1.03 bits per heavy atom. The first-order valence-corrected chi connectivity index (χ1v) is 14.3. The Kier molecular flexibility index (Phi) is 9.16. The number of benzene rings is 2. The van der Waals surface area contributed by atoms with Crippen molar-refractivity contribution in [3.8, 4) is 5.88 Å². The molecule has 0 amide bonds. The number of nitrogens with zero attached hydrogens (tertiary/aromatic N) is 4. The molecule has 3 aromatic rings. The number of hydrogen-bond donors (Lipinski definition) is 1. The van der Waals surface area contributed by atoms with Gasteiger partial charge in [0.05, 0.1) is 6.61 Å². The van der Waals surface area contributed by atoms with Crippen LogP contribution in [0, 0.1) is 0 Å². The van der Waals surface area contributed by atoms with Gasteiger partial charge in [-0.25, -0.2) is 0 Å². The Hall–Kier alpha value is -3.36. The largest absolute Gasteiger partial charge is 0.478 e. The van der Waals surface area contributed by atoms with Crippen molar-refractivity contribution in [3.05, 3.63) is 60.2 Å². The molecule has 39 heavy (non-hydrogen) atoms. The van der Waals surface area contributed by atoms with Crippen molar-refractivity contribution in [1.82, 2.24) is 9.88 Å². The second-order valence-corrected chi connectivity index (χ2v) is 10.4. The number of carbonyl (C=O) groups excluding carboxylic acids is 1. The molecule has 208 valence electrons. The Labute approximate surface area is 231 Å². The van der Waals surface area contributed by atoms with Crippen LogP contribution < -0.4 is 14.5 Å². The molecule has 5 rings (SSSR count). The van der Waals surface area contributed by atoms with E-state index in [1.807, 2.05) is 19.1 Å². The van der Waals surface area contributed by atoms with E-state index in [9.17, 15) is 9.90 Å². The SMILES string of the molecule is CCCC(=O)OCN1c2nc(OCCCCN3CCN(c4cccc5ccccc45)CC3)ccc2CCC1O.